The molecule has 0 bridgehead atoms. The maximum absolute atomic E-state index is 11.1. The summed E-state index contributed by atoms with van der Waals surface area (Å²) in [6, 6.07) is 0. The van der Waals surface area contributed by atoms with Crippen LogP contribution in [0.5, 0.6) is 0 Å². The molecule has 0 amide bonds. The molecule has 5 nitrogen and oxygen atoms in total. The van der Waals surface area contributed by atoms with E-state index in [0.717, 1.165) is 37.8 Å². The molecule has 0 spiro atoms. The van der Waals surface area contributed by atoms with Crippen molar-refractivity contribution < 1.29 is 9.53 Å². The Morgan fingerprint density at radius 1 is 1.45 bits per heavy atom. The Kier molecular flexibility index (Phi) is 5.37. The summed E-state index contributed by atoms with van der Waals surface area (Å²) >= 11 is 0. The Balaban J connectivity index is 1.87. The third kappa shape index (κ3) is 4.97. The van der Waals surface area contributed by atoms with Crippen molar-refractivity contribution in [2.45, 2.75) is 65.4 Å². The largest absolute Gasteiger partial charge is 0.463 e. The van der Waals surface area contributed by atoms with E-state index in [-0.39, 0.29) is 17.5 Å². The first-order valence-corrected chi connectivity index (χ1v) is 8.06. The van der Waals surface area contributed by atoms with Gasteiger partial charge in [-0.15, -0.1) is 0 Å². The third-order valence-corrected chi connectivity index (χ3v) is 4.33. The van der Waals surface area contributed by atoms with E-state index in [2.05, 4.69) is 30.5 Å². The van der Waals surface area contributed by atoms with E-state index in [1.807, 2.05) is 0 Å². The highest BCUT2D eigenvalue weighted by Crippen LogP contribution is 2.39. The number of rotatable bonds is 6. The maximum Gasteiger partial charge on any atom is 0.302 e. The average Bonchev–Trinajstić information content (AvgIpc) is 2.90. The fourth-order valence-electron chi connectivity index (χ4n) is 3.63. The molecule has 1 aromatic rings. The number of carbonyl (C=O) groups is 1. The minimum atomic E-state index is -0.163. The second-order valence-electron chi connectivity index (χ2n) is 7.22. The van der Waals surface area contributed by atoms with E-state index < -0.39 is 0 Å². The highest BCUT2D eigenvalue weighted by atomic mass is 16.5. The van der Waals surface area contributed by atoms with E-state index in [4.69, 9.17) is 4.74 Å². The SMILES string of the molecule is C=C(CC(C)(C)CC1CCCC(OC(C)=O)C1)n1cncn1. The van der Waals surface area contributed by atoms with E-state index in [1.165, 1.54) is 19.7 Å². The zero-order valence-electron chi connectivity index (χ0n) is 13.9. The second kappa shape index (κ2) is 7.07. The lowest BCUT2D eigenvalue weighted by atomic mass is 9.74. The summed E-state index contributed by atoms with van der Waals surface area (Å²) in [5.41, 5.74) is 1.11. The predicted molar refractivity (Wildman–Crippen MR) is 85.9 cm³/mol. The zero-order chi connectivity index (χ0) is 16.2. The van der Waals surface area contributed by atoms with Gasteiger partial charge >= 0.3 is 5.97 Å². The van der Waals surface area contributed by atoms with Crippen molar-refractivity contribution in [3.63, 3.8) is 0 Å². The van der Waals surface area contributed by atoms with Crippen molar-refractivity contribution in [1.29, 1.82) is 0 Å². The minimum absolute atomic E-state index is 0.102. The van der Waals surface area contributed by atoms with Crippen molar-refractivity contribution in [3.8, 4) is 0 Å². The van der Waals surface area contributed by atoms with Crippen LogP contribution in [0.2, 0.25) is 0 Å². The third-order valence-electron chi connectivity index (χ3n) is 4.33. The van der Waals surface area contributed by atoms with Crippen molar-refractivity contribution in [1.82, 2.24) is 14.8 Å². The molecule has 1 fully saturated rings. The van der Waals surface area contributed by atoms with Crippen LogP contribution in [0.3, 0.4) is 0 Å². The van der Waals surface area contributed by atoms with E-state index in [9.17, 15) is 4.79 Å². The molecule has 5 heteroatoms. The molecule has 1 aliphatic carbocycles. The number of allylic oxidation sites excluding steroid dienone is 1. The molecule has 1 heterocycles. The molecule has 2 unspecified atom stereocenters. The summed E-state index contributed by atoms with van der Waals surface area (Å²) in [6.45, 7) is 10.2. The van der Waals surface area contributed by atoms with Crippen molar-refractivity contribution in [3.05, 3.63) is 19.2 Å². The van der Waals surface area contributed by atoms with Crippen LogP contribution in [0.25, 0.3) is 5.70 Å². The molecular formula is C17H27N3O2. The minimum Gasteiger partial charge on any atom is -0.463 e. The topological polar surface area (TPSA) is 57.0 Å². The van der Waals surface area contributed by atoms with Crippen molar-refractivity contribution in [2.75, 3.05) is 0 Å². The number of aromatic nitrogens is 3. The summed E-state index contributed by atoms with van der Waals surface area (Å²) < 4.78 is 7.14. The van der Waals surface area contributed by atoms with Crippen LogP contribution >= 0.6 is 0 Å². The van der Waals surface area contributed by atoms with Gasteiger partial charge in [0.05, 0.1) is 0 Å². The molecule has 0 aromatic carbocycles. The molecule has 2 atom stereocenters. The number of esters is 1. The number of hydrogen-bond donors (Lipinski definition) is 0. The maximum atomic E-state index is 11.1. The highest BCUT2D eigenvalue weighted by Gasteiger charge is 2.30. The van der Waals surface area contributed by atoms with Crippen LogP contribution in [0.1, 0.15) is 59.3 Å². The van der Waals surface area contributed by atoms with Gasteiger partial charge in [-0.25, -0.2) is 9.67 Å². The van der Waals surface area contributed by atoms with Gasteiger partial charge < -0.3 is 4.74 Å². The molecule has 0 N–H and O–H groups in total. The monoisotopic (exact) mass is 305 g/mol. The van der Waals surface area contributed by atoms with Gasteiger partial charge in [-0.3, -0.25) is 4.79 Å². The summed E-state index contributed by atoms with van der Waals surface area (Å²) in [6.07, 6.45) is 9.66. The molecule has 1 aliphatic rings. The predicted octanol–water partition coefficient (Wildman–Crippen LogP) is 3.68. The average molecular weight is 305 g/mol. The van der Waals surface area contributed by atoms with Crippen LogP contribution < -0.4 is 0 Å². The second-order valence-corrected chi connectivity index (χ2v) is 7.22. The number of nitrogens with zero attached hydrogens (tertiary/aromatic N) is 3. The Morgan fingerprint density at radius 2 is 2.23 bits per heavy atom. The zero-order valence-corrected chi connectivity index (χ0v) is 13.9. The first-order chi connectivity index (χ1) is 10.4. The summed E-state index contributed by atoms with van der Waals surface area (Å²) in [4.78, 5) is 15.1. The highest BCUT2D eigenvalue weighted by molar-refractivity contribution is 5.66. The van der Waals surface area contributed by atoms with Gasteiger partial charge in [-0.1, -0.05) is 26.8 Å². The number of hydrogen-bond acceptors (Lipinski definition) is 4. The first-order valence-electron chi connectivity index (χ1n) is 8.06. The standard InChI is InChI=1S/C17H27N3O2/c1-13(20-12-18-11-19-20)9-17(3,4)10-15-6-5-7-16(8-15)22-14(2)21/h11-12,15-16H,1,5-10H2,2-4H3. The summed E-state index contributed by atoms with van der Waals surface area (Å²) in [5.74, 6) is 0.445. The fraction of sp³-hybridized carbons (Fsp3) is 0.706. The van der Waals surface area contributed by atoms with Crippen molar-refractivity contribution in [2.24, 2.45) is 11.3 Å². The smallest absolute Gasteiger partial charge is 0.302 e. The summed E-state index contributed by atoms with van der Waals surface area (Å²) in [5, 5.41) is 4.14. The molecule has 22 heavy (non-hydrogen) atoms. The molecular weight excluding hydrogens is 278 g/mol. The van der Waals surface area contributed by atoms with Gasteiger partial charge in [-0.05, 0) is 43.4 Å². The van der Waals surface area contributed by atoms with Gasteiger partial charge in [0.25, 0.3) is 0 Å². The van der Waals surface area contributed by atoms with E-state index >= 15 is 0 Å². The quantitative estimate of drug-likeness (QED) is 0.752. The summed E-state index contributed by atoms with van der Waals surface area (Å²) in [7, 11) is 0. The Hall–Kier alpha value is -1.65. The lowest BCUT2D eigenvalue weighted by Gasteiger charge is -2.35. The molecule has 0 saturated heterocycles. The number of ether oxygens (including phenoxy) is 1. The van der Waals surface area contributed by atoms with E-state index in [0.29, 0.717) is 5.92 Å². The van der Waals surface area contributed by atoms with Crippen LogP contribution in [-0.2, 0) is 9.53 Å². The Bertz CT molecular complexity index is 508. The van der Waals surface area contributed by atoms with Gasteiger partial charge in [-0.2, -0.15) is 5.10 Å². The first kappa shape index (κ1) is 16.7. The molecule has 1 saturated carbocycles. The van der Waals surface area contributed by atoms with Crippen LogP contribution in [0, 0.1) is 11.3 Å². The normalized spacial score (nSPS) is 22.3. The lowest BCUT2D eigenvalue weighted by Crippen LogP contribution is -2.28. The Morgan fingerprint density at radius 3 is 2.86 bits per heavy atom. The molecule has 0 aliphatic heterocycles. The van der Waals surface area contributed by atoms with Crippen LogP contribution in [0.15, 0.2) is 19.2 Å². The molecule has 0 radical (unpaired) electrons. The Labute approximate surface area is 132 Å². The van der Waals surface area contributed by atoms with Gasteiger partial charge in [0, 0.05) is 12.6 Å². The lowest BCUT2D eigenvalue weighted by molar-refractivity contribution is -0.148. The molecule has 1 aromatic heterocycles. The number of carbonyl (C=O) groups excluding carboxylic acids is 1. The van der Waals surface area contributed by atoms with Crippen LogP contribution in [0.4, 0.5) is 0 Å². The van der Waals surface area contributed by atoms with Crippen LogP contribution in [-0.4, -0.2) is 26.8 Å². The van der Waals surface area contributed by atoms with Gasteiger partial charge in [0.2, 0.25) is 0 Å². The molecule has 122 valence electrons. The van der Waals surface area contributed by atoms with Crippen molar-refractivity contribution >= 4 is 11.7 Å². The van der Waals surface area contributed by atoms with Gasteiger partial charge in [0.1, 0.15) is 18.8 Å². The fourth-order valence-corrected chi connectivity index (χ4v) is 3.63. The molecule has 2 rings (SSSR count). The van der Waals surface area contributed by atoms with Gasteiger partial charge in [0.15, 0.2) is 0 Å². The van der Waals surface area contributed by atoms with E-state index in [1.54, 1.807) is 11.0 Å².